The van der Waals surface area contributed by atoms with E-state index in [0.717, 1.165) is 36.4 Å². The smallest absolute Gasteiger partial charge is 0.274 e. The zero-order valence-corrected chi connectivity index (χ0v) is 17.1. The monoisotopic (exact) mass is 408 g/mol. The third-order valence-corrected chi connectivity index (χ3v) is 6.37. The Kier molecular flexibility index (Phi) is 5.85. The summed E-state index contributed by atoms with van der Waals surface area (Å²) in [7, 11) is -0.428. The maximum absolute atomic E-state index is 13.1. The summed E-state index contributed by atoms with van der Waals surface area (Å²) in [6.45, 7) is 2.76. The molecule has 1 heterocycles. The average Bonchev–Trinajstić information content (AvgIpc) is 2.99. The van der Waals surface area contributed by atoms with E-state index in [2.05, 4.69) is 9.82 Å². The van der Waals surface area contributed by atoms with Crippen molar-refractivity contribution in [3.8, 4) is 0 Å². The van der Waals surface area contributed by atoms with E-state index in [9.17, 15) is 17.6 Å². The number of aromatic nitrogens is 2. The summed E-state index contributed by atoms with van der Waals surface area (Å²) < 4.78 is 42.9. The van der Waals surface area contributed by atoms with Gasteiger partial charge in [0.2, 0.25) is 10.0 Å². The number of carbonyl (C=O) groups is 1. The summed E-state index contributed by atoms with van der Waals surface area (Å²) >= 11 is 0. The zero-order chi connectivity index (χ0) is 20.5. The van der Waals surface area contributed by atoms with Crippen LogP contribution in [0.1, 0.15) is 41.5 Å². The number of benzene rings is 1. The second-order valence-electron chi connectivity index (χ2n) is 7.21. The van der Waals surface area contributed by atoms with Crippen LogP contribution in [0.5, 0.6) is 0 Å². The Morgan fingerprint density at radius 3 is 2.61 bits per heavy atom. The van der Waals surface area contributed by atoms with Gasteiger partial charge in [0.25, 0.3) is 5.91 Å². The Morgan fingerprint density at radius 1 is 1.32 bits per heavy atom. The molecule has 28 heavy (non-hydrogen) atoms. The van der Waals surface area contributed by atoms with Gasteiger partial charge >= 0.3 is 0 Å². The molecule has 7 nitrogen and oxygen atoms in total. The molecule has 1 aromatic heterocycles. The van der Waals surface area contributed by atoms with Gasteiger partial charge in [0, 0.05) is 37.9 Å². The number of aryl methyl sites for hydroxylation is 1. The summed E-state index contributed by atoms with van der Waals surface area (Å²) in [4.78, 5) is 14.1. The summed E-state index contributed by atoms with van der Waals surface area (Å²) in [6.07, 6.45) is 2.54. The standard InChI is InChI=1S/C19H25FN4O3S/c1-4-11-24-17-10-7-14(12-16(17)18(21-24)19(25)23(2)3)22-28(26,27)15-8-5-13(20)6-9-15/h5-6,8-9,14,22H,4,7,10-12H2,1-3H3. The molecule has 1 N–H and O–H groups in total. The minimum atomic E-state index is -3.77. The largest absolute Gasteiger partial charge is 0.343 e. The van der Waals surface area contributed by atoms with Crippen LogP contribution < -0.4 is 4.72 Å². The molecule has 2 aromatic rings. The average molecular weight is 408 g/mol. The number of amides is 1. The molecule has 0 fully saturated rings. The van der Waals surface area contributed by atoms with E-state index < -0.39 is 15.8 Å². The highest BCUT2D eigenvalue weighted by Gasteiger charge is 2.31. The molecule has 1 aliphatic rings. The highest BCUT2D eigenvalue weighted by atomic mass is 32.2. The number of hydrogen-bond acceptors (Lipinski definition) is 4. The topological polar surface area (TPSA) is 84.3 Å². The first-order valence-corrected chi connectivity index (χ1v) is 10.8. The molecule has 0 aliphatic heterocycles. The predicted molar refractivity (Wildman–Crippen MR) is 103 cm³/mol. The molecule has 0 radical (unpaired) electrons. The fourth-order valence-electron chi connectivity index (χ4n) is 3.47. The van der Waals surface area contributed by atoms with Gasteiger partial charge in [0.1, 0.15) is 5.82 Å². The first-order valence-electron chi connectivity index (χ1n) is 9.31. The third kappa shape index (κ3) is 4.10. The second kappa shape index (κ2) is 8.00. The predicted octanol–water partition coefficient (Wildman–Crippen LogP) is 1.97. The van der Waals surface area contributed by atoms with Crippen molar-refractivity contribution in [2.75, 3.05) is 14.1 Å². The summed E-state index contributed by atoms with van der Waals surface area (Å²) in [6, 6.07) is 4.38. The van der Waals surface area contributed by atoms with Crippen LogP contribution in [0.2, 0.25) is 0 Å². The van der Waals surface area contributed by atoms with Crippen molar-refractivity contribution in [3.63, 3.8) is 0 Å². The number of sulfonamides is 1. The molecular weight excluding hydrogens is 383 g/mol. The Labute approximate surface area is 164 Å². The molecule has 1 atom stereocenters. The van der Waals surface area contributed by atoms with E-state index in [1.54, 1.807) is 14.1 Å². The molecule has 0 saturated carbocycles. The Bertz CT molecular complexity index is 968. The number of rotatable bonds is 6. The van der Waals surface area contributed by atoms with Gasteiger partial charge in [-0.2, -0.15) is 5.10 Å². The van der Waals surface area contributed by atoms with Crippen LogP contribution in [0.15, 0.2) is 29.2 Å². The lowest BCUT2D eigenvalue weighted by Crippen LogP contribution is -2.39. The minimum absolute atomic E-state index is 0.0194. The number of hydrogen-bond donors (Lipinski definition) is 1. The first kappa shape index (κ1) is 20.5. The summed E-state index contributed by atoms with van der Waals surface area (Å²) in [5.74, 6) is -0.676. The van der Waals surface area contributed by atoms with Gasteiger partial charge in [-0.3, -0.25) is 9.48 Å². The highest BCUT2D eigenvalue weighted by Crippen LogP contribution is 2.27. The van der Waals surface area contributed by atoms with Gasteiger partial charge in [0.05, 0.1) is 4.90 Å². The fourth-order valence-corrected chi connectivity index (χ4v) is 4.74. The number of nitrogens with one attached hydrogen (secondary N) is 1. The Balaban J connectivity index is 1.87. The van der Waals surface area contributed by atoms with Gasteiger partial charge in [-0.05, 0) is 49.9 Å². The fraction of sp³-hybridized carbons (Fsp3) is 0.474. The highest BCUT2D eigenvalue weighted by molar-refractivity contribution is 7.89. The van der Waals surface area contributed by atoms with Crippen molar-refractivity contribution in [1.29, 1.82) is 0 Å². The molecule has 152 valence electrons. The van der Waals surface area contributed by atoms with Crippen molar-refractivity contribution < 1.29 is 17.6 Å². The van der Waals surface area contributed by atoms with Crippen LogP contribution in [-0.4, -0.2) is 49.1 Å². The molecule has 1 aromatic carbocycles. The number of nitrogens with zero attached hydrogens (tertiary/aromatic N) is 3. The summed E-state index contributed by atoms with van der Waals surface area (Å²) in [5.41, 5.74) is 2.20. The van der Waals surface area contributed by atoms with Crippen molar-refractivity contribution in [1.82, 2.24) is 19.4 Å². The van der Waals surface area contributed by atoms with Crippen LogP contribution in [0.4, 0.5) is 4.39 Å². The van der Waals surface area contributed by atoms with E-state index in [4.69, 9.17) is 0 Å². The van der Waals surface area contributed by atoms with Crippen molar-refractivity contribution in [2.45, 2.75) is 50.1 Å². The zero-order valence-electron chi connectivity index (χ0n) is 16.3. The molecule has 0 spiro atoms. The number of carbonyl (C=O) groups excluding carboxylic acids is 1. The molecule has 0 saturated heterocycles. The lowest BCUT2D eigenvalue weighted by Gasteiger charge is -2.24. The molecule has 1 aliphatic carbocycles. The van der Waals surface area contributed by atoms with E-state index in [-0.39, 0.29) is 16.8 Å². The lowest BCUT2D eigenvalue weighted by molar-refractivity contribution is 0.0820. The van der Waals surface area contributed by atoms with Crippen LogP contribution in [0.3, 0.4) is 0 Å². The van der Waals surface area contributed by atoms with Gasteiger partial charge in [-0.25, -0.2) is 17.5 Å². The van der Waals surface area contributed by atoms with Crippen molar-refractivity contribution in [3.05, 3.63) is 47.0 Å². The van der Waals surface area contributed by atoms with Gasteiger partial charge in [-0.1, -0.05) is 6.92 Å². The van der Waals surface area contributed by atoms with E-state index in [1.165, 1.54) is 17.0 Å². The molecule has 1 amide bonds. The SMILES string of the molecule is CCCn1nc(C(=O)N(C)C)c2c1CCC(NS(=O)(=O)c1ccc(F)cc1)C2. The second-order valence-corrected chi connectivity index (χ2v) is 8.93. The van der Waals surface area contributed by atoms with Crippen LogP contribution >= 0.6 is 0 Å². The molecule has 9 heteroatoms. The van der Waals surface area contributed by atoms with Crippen molar-refractivity contribution in [2.24, 2.45) is 0 Å². The molecule has 1 unspecified atom stereocenters. The lowest BCUT2D eigenvalue weighted by atomic mass is 9.91. The van der Waals surface area contributed by atoms with E-state index in [1.807, 2.05) is 11.6 Å². The van der Waals surface area contributed by atoms with Crippen LogP contribution in [-0.2, 0) is 29.4 Å². The van der Waals surface area contributed by atoms with Gasteiger partial charge < -0.3 is 4.90 Å². The quantitative estimate of drug-likeness (QED) is 0.792. The van der Waals surface area contributed by atoms with Crippen molar-refractivity contribution >= 4 is 15.9 Å². The third-order valence-electron chi connectivity index (χ3n) is 4.84. The molecular formula is C19H25FN4O3S. The minimum Gasteiger partial charge on any atom is -0.343 e. The Hall–Kier alpha value is -2.26. The first-order chi connectivity index (χ1) is 13.2. The summed E-state index contributed by atoms with van der Waals surface area (Å²) in [5, 5.41) is 4.51. The molecule has 3 rings (SSSR count). The van der Waals surface area contributed by atoms with E-state index in [0.29, 0.717) is 25.0 Å². The maximum Gasteiger partial charge on any atom is 0.274 e. The molecule has 0 bridgehead atoms. The number of halogens is 1. The number of fused-ring (bicyclic) bond motifs is 1. The van der Waals surface area contributed by atoms with Crippen LogP contribution in [0.25, 0.3) is 0 Å². The maximum atomic E-state index is 13.1. The van der Waals surface area contributed by atoms with Gasteiger partial charge in [0.15, 0.2) is 5.69 Å². The normalized spacial score (nSPS) is 16.6. The van der Waals surface area contributed by atoms with Crippen LogP contribution in [0, 0.1) is 5.82 Å². The van der Waals surface area contributed by atoms with E-state index >= 15 is 0 Å². The van der Waals surface area contributed by atoms with Gasteiger partial charge in [-0.15, -0.1) is 0 Å². The Morgan fingerprint density at radius 2 is 2.00 bits per heavy atom.